The molecule has 106 valence electrons. The lowest BCUT2D eigenvalue weighted by Crippen LogP contribution is -2.12. The molecule has 1 aromatic heterocycles. The molecule has 0 saturated heterocycles. The summed E-state index contributed by atoms with van der Waals surface area (Å²) in [4.78, 5) is 11.5. The Morgan fingerprint density at radius 3 is 2.85 bits per heavy atom. The second-order valence-corrected chi connectivity index (χ2v) is 4.84. The van der Waals surface area contributed by atoms with Crippen molar-refractivity contribution >= 4 is 17.6 Å². The highest BCUT2D eigenvalue weighted by Crippen LogP contribution is 2.16. The van der Waals surface area contributed by atoms with Gasteiger partial charge in [0.05, 0.1) is 13.7 Å². The summed E-state index contributed by atoms with van der Waals surface area (Å²) < 4.78 is 10.2. The summed E-state index contributed by atoms with van der Waals surface area (Å²) in [5.74, 6) is 0.883. The molecule has 0 aliphatic heterocycles. The highest BCUT2D eigenvalue weighted by molar-refractivity contribution is 6.30. The van der Waals surface area contributed by atoms with Gasteiger partial charge in [-0.25, -0.2) is 4.79 Å². The monoisotopic (exact) mass is 293 g/mol. The first-order chi connectivity index (χ1) is 9.60. The van der Waals surface area contributed by atoms with Gasteiger partial charge in [-0.05, 0) is 30.7 Å². The van der Waals surface area contributed by atoms with Crippen LogP contribution >= 0.6 is 11.6 Å². The number of methoxy groups -OCH3 is 1. The van der Waals surface area contributed by atoms with Crippen molar-refractivity contribution in [3.05, 3.63) is 58.0 Å². The number of hydrogen-bond donors (Lipinski definition) is 1. The minimum Gasteiger partial charge on any atom is -0.465 e. The van der Waals surface area contributed by atoms with E-state index in [1.807, 2.05) is 24.3 Å². The van der Waals surface area contributed by atoms with Crippen LogP contribution in [0.4, 0.5) is 0 Å². The van der Waals surface area contributed by atoms with Crippen molar-refractivity contribution in [2.24, 2.45) is 0 Å². The van der Waals surface area contributed by atoms with Crippen LogP contribution in [0.5, 0.6) is 0 Å². The number of aryl methyl sites for hydroxylation is 1. The van der Waals surface area contributed by atoms with Crippen LogP contribution in [0.3, 0.4) is 0 Å². The van der Waals surface area contributed by atoms with Gasteiger partial charge in [-0.2, -0.15) is 0 Å². The number of carbonyl (C=O) groups excluding carboxylic acids is 1. The van der Waals surface area contributed by atoms with Crippen molar-refractivity contribution in [2.75, 3.05) is 7.11 Å². The maximum Gasteiger partial charge on any atom is 0.341 e. The largest absolute Gasteiger partial charge is 0.465 e. The lowest BCUT2D eigenvalue weighted by Gasteiger charge is -2.03. The molecule has 20 heavy (non-hydrogen) atoms. The van der Waals surface area contributed by atoms with Crippen molar-refractivity contribution in [1.29, 1.82) is 0 Å². The van der Waals surface area contributed by atoms with E-state index < -0.39 is 0 Å². The quantitative estimate of drug-likeness (QED) is 0.859. The van der Waals surface area contributed by atoms with Gasteiger partial charge in [-0.1, -0.05) is 23.7 Å². The molecule has 0 saturated carbocycles. The first-order valence-corrected chi connectivity index (χ1v) is 6.60. The predicted molar refractivity (Wildman–Crippen MR) is 76.8 cm³/mol. The third-order valence-electron chi connectivity index (χ3n) is 2.89. The highest BCUT2D eigenvalue weighted by atomic mass is 35.5. The zero-order chi connectivity index (χ0) is 14.5. The number of hydrogen-bond acceptors (Lipinski definition) is 4. The molecular formula is C15H16ClNO3. The zero-order valence-corrected chi connectivity index (χ0v) is 12.2. The van der Waals surface area contributed by atoms with Gasteiger partial charge >= 0.3 is 5.97 Å². The van der Waals surface area contributed by atoms with Crippen LogP contribution < -0.4 is 5.32 Å². The Morgan fingerprint density at radius 1 is 1.35 bits per heavy atom. The zero-order valence-electron chi connectivity index (χ0n) is 11.4. The summed E-state index contributed by atoms with van der Waals surface area (Å²) in [6, 6.07) is 9.34. The van der Waals surface area contributed by atoms with Crippen LogP contribution in [0.2, 0.25) is 5.02 Å². The Balaban J connectivity index is 1.93. The molecule has 0 atom stereocenters. The number of nitrogens with one attached hydrogen (secondary N) is 1. The molecule has 1 N–H and O–H groups in total. The Hall–Kier alpha value is -1.78. The standard InChI is InChI=1S/C15H16ClNO3/c1-10-14(15(18)19-2)7-13(20-10)9-17-8-11-4-3-5-12(16)6-11/h3-7,17H,8-9H2,1-2H3. The van der Waals surface area contributed by atoms with Crippen LogP contribution in [-0.2, 0) is 17.8 Å². The first kappa shape index (κ1) is 14.6. The van der Waals surface area contributed by atoms with Crippen molar-refractivity contribution in [1.82, 2.24) is 5.32 Å². The summed E-state index contributed by atoms with van der Waals surface area (Å²) in [5.41, 5.74) is 1.56. The van der Waals surface area contributed by atoms with Crippen LogP contribution in [-0.4, -0.2) is 13.1 Å². The van der Waals surface area contributed by atoms with Gasteiger partial charge < -0.3 is 14.5 Å². The van der Waals surface area contributed by atoms with Gasteiger partial charge in [0.25, 0.3) is 0 Å². The lowest BCUT2D eigenvalue weighted by molar-refractivity contribution is 0.0599. The fourth-order valence-corrected chi connectivity index (χ4v) is 2.13. The topological polar surface area (TPSA) is 51.5 Å². The van der Waals surface area contributed by atoms with E-state index in [0.717, 1.165) is 5.56 Å². The van der Waals surface area contributed by atoms with E-state index in [4.69, 9.17) is 16.0 Å². The number of furan rings is 1. The second-order valence-electron chi connectivity index (χ2n) is 4.41. The third kappa shape index (κ3) is 3.62. The van der Waals surface area contributed by atoms with E-state index in [9.17, 15) is 4.79 Å². The van der Waals surface area contributed by atoms with Gasteiger partial charge in [0, 0.05) is 11.6 Å². The van der Waals surface area contributed by atoms with Crippen LogP contribution in [0.25, 0.3) is 0 Å². The third-order valence-corrected chi connectivity index (χ3v) is 3.13. The van der Waals surface area contributed by atoms with Gasteiger partial charge in [-0.3, -0.25) is 0 Å². The molecular weight excluding hydrogens is 278 g/mol. The smallest absolute Gasteiger partial charge is 0.341 e. The van der Waals surface area contributed by atoms with Gasteiger partial charge in [0.1, 0.15) is 17.1 Å². The van der Waals surface area contributed by atoms with Crippen LogP contribution in [0.1, 0.15) is 27.4 Å². The number of esters is 1. The Bertz CT molecular complexity index is 607. The molecule has 1 heterocycles. The van der Waals surface area contributed by atoms with Gasteiger partial charge in [0.15, 0.2) is 0 Å². The van der Waals surface area contributed by atoms with E-state index in [1.54, 1.807) is 13.0 Å². The van der Waals surface area contributed by atoms with Gasteiger partial charge in [0.2, 0.25) is 0 Å². The summed E-state index contributed by atoms with van der Waals surface area (Å²) >= 11 is 5.92. The van der Waals surface area contributed by atoms with Crippen LogP contribution in [0, 0.1) is 6.92 Å². The minimum atomic E-state index is -0.382. The Labute approximate surface area is 122 Å². The highest BCUT2D eigenvalue weighted by Gasteiger charge is 2.14. The molecule has 4 nitrogen and oxygen atoms in total. The summed E-state index contributed by atoms with van der Waals surface area (Å²) in [7, 11) is 1.35. The number of carbonyl (C=O) groups is 1. The second kappa shape index (κ2) is 6.59. The molecule has 0 fully saturated rings. The van der Waals surface area contributed by atoms with E-state index in [0.29, 0.717) is 35.2 Å². The molecule has 1 aromatic carbocycles. The van der Waals surface area contributed by atoms with E-state index in [-0.39, 0.29) is 5.97 Å². The summed E-state index contributed by atoms with van der Waals surface area (Å²) in [5, 5.41) is 3.95. The maximum atomic E-state index is 11.5. The Morgan fingerprint density at radius 2 is 2.15 bits per heavy atom. The average Bonchev–Trinajstić information content (AvgIpc) is 2.79. The van der Waals surface area contributed by atoms with E-state index >= 15 is 0 Å². The number of rotatable bonds is 5. The van der Waals surface area contributed by atoms with Crippen molar-refractivity contribution in [3.63, 3.8) is 0 Å². The molecule has 5 heteroatoms. The summed E-state index contributed by atoms with van der Waals surface area (Å²) in [6.45, 7) is 2.95. The molecule has 0 bridgehead atoms. The molecule has 0 radical (unpaired) electrons. The predicted octanol–water partition coefficient (Wildman–Crippen LogP) is 3.32. The van der Waals surface area contributed by atoms with Crippen LogP contribution in [0.15, 0.2) is 34.7 Å². The molecule has 2 rings (SSSR count). The summed E-state index contributed by atoms with van der Waals surface area (Å²) in [6.07, 6.45) is 0. The fourth-order valence-electron chi connectivity index (χ4n) is 1.92. The van der Waals surface area contributed by atoms with Crippen molar-refractivity contribution < 1.29 is 13.9 Å². The molecule has 0 aliphatic carbocycles. The van der Waals surface area contributed by atoms with E-state index in [2.05, 4.69) is 10.1 Å². The Kier molecular flexibility index (Phi) is 4.82. The number of benzene rings is 1. The molecule has 0 amide bonds. The molecule has 2 aromatic rings. The average molecular weight is 294 g/mol. The molecule has 0 aliphatic rings. The number of ether oxygens (including phenoxy) is 1. The first-order valence-electron chi connectivity index (χ1n) is 6.23. The maximum absolute atomic E-state index is 11.5. The molecule has 0 spiro atoms. The van der Waals surface area contributed by atoms with E-state index in [1.165, 1.54) is 7.11 Å². The van der Waals surface area contributed by atoms with Crippen molar-refractivity contribution in [3.8, 4) is 0 Å². The fraction of sp³-hybridized carbons (Fsp3) is 0.267. The lowest BCUT2D eigenvalue weighted by atomic mass is 10.2. The SMILES string of the molecule is COC(=O)c1cc(CNCc2cccc(Cl)c2)oc1C. The van der Waals surface area contributed by atoms with Gasteiger partial charge in [-0.15, -0.1) is 0 Å². The normalized spacial score (nSPS) is 10.6. The minimum absolute atomic E-state index is 0.382. The molecule has 0 unspecified atom stereocenters. The number of halogens is 1. The van der Waals surface area contributed by atoms with Crippen molar-refractivity contribution in [2.45, 2.75) is 20.0 Å².